The Labute approximate surface area is 65.0 Å². The van der Waals surface area contributed by atoms with E-state index in [2.05, 4.69) is 12.7 Å². The lowest BCUT2D eigenvalue weighted by Crippen LogP contribution is -2.65. The van der Waals surface area contributed by atoms with Crippen molar-refractivity contribution in [3.8, 4) is 0 Å². The van der Waals surface area contributed by atoms with Crippen LogP contribution in [0, 0.1) is 0 Å². The molecule has 0 rings (SSSR count). The van der Waals surface area contributed by atoms with Crippen molar-refractivity contribution in [1.82, 2.24) is 0 Å². The third-order valence-electron chi connectivity index (χ3n) is 1.16. The van der Waals surface area contributed by atoms with Gasteiger partial charge in [0.15, 0.2) is 6.04 Å². The van der Waals surface area contributed by atoms with Crippen molar-refractivity contribution in [2.45, 2.75) is 19.4 Å². The first-order valence-corrected chi connectivity index (χ1v) is 4.47. The van der Waals surface area contributed by atoms with Crippen LogP contribution in [-0.4, -0.2) is 28.6 Å². The Kier molecular flexibility index (Phi) is 5.43. The third-order valence-corrected chi connectivity index (χ3v) is 2.10. The number of rotatable bonds is 5. The summed E-state index contributed by atoms with van der Waals surface area (Å²) < 4.78 is 0. The second-order valence-electron chi connectivity index (χ2n) is 2.02. The molecule has 0 heterocycles. The van der Waals surface area contributed by atoms with Gasteiger partial charge in [0.25, 0.3) is 0 Å². The lowest BCUT2D eigenvalue weighted by Gasteiger charge is -2.00. The molecule has 0 fully saturated rings. The fourth-order valence-electron chi connectivity index (χ4n) is 0.493. The van der Waals surface area contributed by atoms with Crippen LogP contribution in [0.1, 0.15) is 13.3 Å². The van der Waals surface area contributed by atoms with Gasteiger partial charge in [-0.15, -0.1) is 0 Å². The quantitative estimate of drug-likeness (QED) is 0.554. The van der Waals surface area contributed by atoms with Gasteiger partial charge >= 0.3 is 5.97 Å². The predicted octanol–water partition coefficient (Wildman–Crippen LogP) is -0.175. The number of carboxylic acids is 1. The van der Waals surface area contributed by atoms with Gasteiger partial charge in [-0.1, -0.05) is 6.92 Å². The normalized spacial score (nSPS) is 13.0. The van der Waals surface area contributed by atoms with Gasteiger partial charge in [-0.3, -0.25) is 0 Å². The molecule has 0 amide bonds. The second kappa shape index (κ2) is 5.56. The Morgan fingerprint density at radius 2 is 2.40 bits per heavy atom. The Morgan fingerprint density at radius 1 is 1.80 bits per heavy atom. The highest BCUT2D eigenvalue weighted by atomic mass is 32.2. The summed E-state index contributed by atoms with van der Waals surface area (Å²) in [5, 5.41) is 8.41. The van der Waals surface area contributed by atoms with Crippen LogP contribution >= 0.6 is 11.8 Å². The van der Waals surface area contributed by atoms with Crippen molar-refractivity contribution in [3.05, 3.63) is 0 Å². The number of hydrogen-bond donors (Lipinski definition) is 2. The predicted molar refractivity (Wildman–Crippen MR) is 41.9 cm³/mol. The summed E-state index contributed by atoms with van der Waals surface area (Å²) in [6, 6.07) is -0.431. The molecule has 0 aromatic rings. The summed E-state index contributed by atoms with van der Waals surface area (Å²) in [5.74, 6) is 1.15. The lowest BCUT2D eigenvalue weighted by molar-refractivity contribution is -0.407. The van der Waals surface area contributed by atoms with Gasteiger partial charge in [0.1, 0.15) is 0 Å². The van der Waals surface area contributed by atoms with Gasteiger partial charge in [0.2, 0.25) is 0 Å². The van der Waals surface area contributed by atoms with Crippen LogP contribution in [0.3, 0.4) is 0 Å². The smallest absolute Gasteiger partial charge is 0.362 e. The third kappa shape index (κ3) is 4.64. The van der Waals surface area contributed by atoms with Crippen LogP contribution in [-0.2, 0) is 4.79 Å². The number of hydrogen-bond acceptors (Lipinski definition) is 2. The zero-order valence-electron chi connectivity index (χ0n) is 6.17. The maximum Gasteiger partial charge on any atom is 0.362 e. The molecule has 3 nitrogen and oxygen atoms in total. The summed E-state index contributed by atoms with van der Waals surface area (Å²) in [6.45, 7) is 2.06. The van der Waals surface area contributed by atoms with E-state index >= 15 is 0 Å². The molecule has 1 unspecified atom stereocenters. The molecule has 0 aliphatic heterocycles. The zero-order valence-corrected chi connectivity index (χ0v) is 6.99. The van der Waals surface area contributed by atoms with E-state index in [1.165, 1.54) is 0 Å². The molecule has 0 radical (unpaired) electrons. The van der Waals surface area contributed by atoms with Gasteiger partial charge in [-0.25, -0.2) is 4.79 Å². The van der Waals surface area contributed by atoms with Gasteiger partial charge < -0.3 is 10.8 Å². The Hall–Kier alpha value is -0.220. The molecule has 4 heteroatoms. The highest BCUT2D eigenvalue weighted by Gasteiger charge is 2.13. The maximum absolute atomic E-state index is 10.2. The second-order valence-corrected chi connectivity index (χ2v) is 3.41. The minimum absolute atomic E-state index is 0.431. The van der Waals surface area contributed by atoms with Crippen LogP contribution in [0.2, 0.25) is 0 Å². The fraction of sp³-hybridized carbons (Fsp3) is 0.833. The van der Waals surface area contributed by atoms with Crippen molar-refractivity contribution in [1.29, 1.82) is 0 Å². The molecule has 0 aliphatic rings. The van der Waals surface area contributed by atoms with Crippen LogP contribution in [0.4, 0.5) is 0 Å². The summed E-state index contributed by atoms with van der Waals surface area (Å²) in [7, 11) is 0. The van der Waals surface area contributed by atoms with Gasteiger partial charge in [0.05, 0.1) is 0 Å². The molecule has 1 atom stereocenters. The summed E-state index contributed by atoms with van der Waals surface area (Å²) >= 11 is 1.75. The van der Waals surface area contributed by atoms with Crippen LogP contribution in [0.15, 0.2) is 0 Å². The highest BCUT2D eigenvalue weighted by molar-refractivity contribution is 7.99. The first kappa shape index (κ1) is 9.78. The molecule has 0 saturated carbocycles. The van der Waals surface area contributed by atoms with E-state index in [1.807, 2.05) is 0 Å². The molecule has 0 saturated heterocycles. The standard InChI is InChI=1S/C6H13NO2S/c1-2-10-4-3-5(7)6(8)9/h5H,2-4,7H2,1H3,(H,8,9)/p+1. The zero-order chi connectivity index (χ0) is 7.98. The molecule has 0 bridgehead atoms. The summed E-state index contributed by atoms with van der Waals surface area (Å²) in [4.78, 5) is 10.2. The first-order valence-electron chi connectivity index (χ1n) is 3.32. The summed E-state index contributed by atoms with van der Waals surface area (Å²) in [5.41, 5.74) is 3.50. The molecule has 4 N–H and O–H groups in total. The van der Waals surface area contributed by atoms with Crippen LogP contribution < -0.4 is 5.73 Å². The van der Waals surface area contributed by atoms with Gasteiger partial charge in [-0.05, 0) is 11.5 Å². The van der Waals surface area contributed by atoms with E-state index < -0.39 is 12.0 Å². The number of quaternary nitrogens is 1. The molecule has 60 valence electrons. The van der Waals surface area contributed by atoms with E-state index in [0.29, 0.717) is 6.42 Å². The molecular weight excluding hydrogens is 150 g/mol. The number of carbonyl (C=O) groups is 1. The van der Waals surface area contributed by atoms with E-state index in [1.54, 1.807) is 11.8 Å². The molecule has 10 heavy (non-hydrogen) atoms. The number of aliphatic carboxylic acids is 1. The average molecular weight is 164 g/mol. The molecule has 0 aliphatic carbocycles. The van der Waals surface area contributed by atoms with E-state index in [4.69, 9.17) is 5.11 Å². The number of carboxylic acid groups (broad SMARTS) is 1. The fourth-order valence-corrected chi connectivity index (χ4v) is 1.23. The first-order chi connectivity index (χ1) is 4.68. The molecule has 0 spiro atoms. The van der Waals surface area contributed by atoms with Crippen molar-refractivity contribution < 1.29 is 15.6 Å². The molecule has 0 aromatic heterocycles. The average Bonchev–Trinajstić information content (AvgIpc) is 1.88. The van der Waals surface area contributed by atoms with Crippen LogP contribution in [0.25, 0.3) is 0 Å². The minimum atomic E-state index is -0.795. The van der Waals surface area contributed by atoms with Gasteiger partial charge in [-0.2, -0.15) is 11.8 Å². The number of thioether (sulfide) groups is 1. The van der Waals surface area contributed by atoms with Crippen molar-refractivity contribution in [3.63, 3.8) is 0 Å². The van der Waals surface area contributed by atoms with E-state index in [-0.39, 0.29) is 0 Å². The summed E-state index contributed by atoms with van der Waals surface area (Å²) in [6.07, 6.45) is 0.674. The van der Waals surface area contributed by atoms with Gasteiger partial charge in [0, 0.05) is 6.42 Å². The van der Waals surface area contributed by atoms with Crippen molar-refractivity contribution in [2.24, 2.45) is 0 Å². The van der Waals surface area contributed by atoms with E-state index in [9.17, 15) is 4.79 Å². The van der Waals surface area contributed by atoms with E-state index in [0.717, 1.165) is 11.5 Å². The lowest BCUT2D eigenvalue weighted by atomic mass is 10.2. The largest absolute Gasteiger partial charge is 0.477 e. The topological polar surface area (TPSA) is 64.9 Å². The Bertz CT molecular complexity index is 108. The molecule has 0 aromatic carbocycles. The monoisotopic (exact) mass is 164 g/mol. The minimum Gasteiger partial charge on any atom is -0.477 e. The Balaban J connectivity index is 3.21. The van der Waals surface area contributed by atoms with Crippen molar-refractivity contribution >= 4 is 17.7 Å². The van der Waals surface area contributed by atoms with Crippen molar-refractivity contribution in [2.75, 3.05) is 11.5 Å². The molecular formula is C6H14NO2S+. The Morgan fingerprint density at radius 3 is 2.80 bits per heavy atom. The maximum atomic E-state index is 10.2. The van der Waals surface area contributed by atoms with Crippen LogP contribution in [0.5, 0.6) is 0 Å². The highest BCUT2D eigenvalue weighted by Crippen LogP contribution is 2.01. The SMILES string of the molecule is CCSCCC([NH3+])C(=O)O.